The van der Waals surface area contributed by atoms with Crippen LogP contribution >= 0.6 is 22.7 Å². The first-order valence-electron chi connectivity index (χ1n) is 10.6. The number of hydrogen-bond acceptors (Lipinski definition) is 8. The summed E-state index contributed by atoms with van der Waals surface area (Å²) in [6.45, 7) is 2.35. The monoisotopic (exact) mass is 506 g/mol. The molecule has 1 saturated heterocycles. The average molecular weight is 507 g/mol. The quantitative estimate of drug-likeness (QED) is 0.213. The molecule has 5 rings (SSSR count). The number of aliphatic hydroxyl groups is 1. The average Bonchev–Trinajstić information content (AvgIpc) is 3.57. The van der Waals surface area contributed by atoms with E-state index < -0.39 is 23.7 Å². The van der Waals surface area contributed by atoms with E-state index in [4.69, 9.17) is 4.74 Å². The third-order valence-electron chi connectivity index (χ3n) is 5.53. The minimum atomic E-state index is -1.07. The van der Waals surface area contributed by atoms with Crippen LogP contribution in [0.1, 0.15) is 33.8 Å². The van der Waals surface area contributed by atoms with Crippen LogP contribution in [0.15, 0.2) is 65.6 Å². The Morgan fingerprint density at radius 2 is 1.83 bits per heavy atom. The molecule has 1 aliphatic rings. The lowest BCUT2D eigenvalue weighted by Gasteiger charge is -2.21. The molecule has 35 heavy (non-hydrogen) atoms. The largest absolute Gasteiger partial charge is 0.507 e. The van der Waals surface area contributed by atoms with Crippen LogP contribution < -0.4 is 9.64 Å². The van der Waals surface area contributed by atoms with Crippen LogP contribution in [0.3, 0.4) is 0 Å². The Hall–Kier alpha value is -4.02. The second kappa shape index (κ2) is 8.97. The molecule has 0 radical (unpaired) electrons. The van der Waals surface area contributed by atoms with Crippen molar-refractivity contribution in [3.05, 3.63) is 81.6 Å². The van der Waals surface area contributed by atoms with Gasteiger partial charge in [-0.1, -0.05) is 17.4 Å². The number of benzene rings is 2. The Morgan fingerprint density at radius 3 is 2.49 bits per heavy atom. The minimum absolute atomic E-state index is 0.0351. The molecule has 4 aromatic rings. The second-order valence-electron chi connectivity index (χ2n) is 7.63. The molecule has 1 fully saturated rings. The Kier molecular flexibility index (Phi) is 5.83. The van der Waals surface area contributed by atoms with Crippen molar-refractivity contribution in [3.63, 3.8) is 0 Å². The van der Waals surface area contributed by atoms with Crippen molar-refractivity contribution < 1.29 is 29.3 Å². The first-order chi connectivity index (χ1) is 16.9. The van der Waals surface area contributed by atoms with E-state index in [1.807, 2.05) is 12.3 Å². The molecule has 0 spiro atoms. The van der Waals surface area contributed by atoms with Crippen LogP contribution in [0.5, 0.6) is 5.75 Å². The van der Waals surface area contributed by atoms with Crippen LogP contribution in [-0.4, -0.2) is 39.5 Å². The number of aromatic nitrogens is 1. The van der Waals surface area contributed by atoms with E-state index in [1.165, 1.54) is 28.4 Å². The van der Waals surface area contributed by atoms with Gasteiger partial charge in [0, 0.05) is 10.4 Å². The summed E-state index contributed by atoms with van der Waals surface area (Å²) >= 11 is 2.46. The molecule has 176 valence electrons. The van der Waals surface area contributed by atoms with Gasteiger partial charge in [-0.25, -0.2) is 9.78 Å². The fourth-order valence-corrected chi connectivity index (χ4v) is 5.78. The van der Waals surface area contributed by atoms with Gasteiger partial charge in [-0.15, -0.1) is 11.3 Å². The maximum absolute atomic E-state index is 13.2. The molecule has 0 saturated carbocycles. The number of carbonyl (C=O) groups excluding carboxylic acids is 2. The standard InChI is InChI=1S/C25H18N2O6S2/c1-2-33-15-8-5-13(6-9-15)21(28)19-20(17-4-3-11-34-17)27(23(30)22(19)29)25-26-16-10-7-14(24(31)32)12-18(16)35-25/h3-12,20,28H,2H2,1H3,(H,31,32)/b21-19+. The zero-order valence-corrected chi connectivity index (χ0v) is 19.9. The summed E-state index contributed by atoms with van der Waals surface area (Å²) in [6.07, 6.45) is 0. The SMILES string of the molecule is CCOc1ccc(/C(O)=C2\C(=O)C(=O)N(c3nc4ccc(C(=O)O)cc4s3)C2c2cccs2)cc1. The summed E-state index contributed by atoms with van der Waals surface area (Å²) in [6, 6.07) is 13.8. The van der Waals surface area contributed by atoms with E-state index in [0.717, 1.165) is 11.3 Å². The van der Waals surface area contributed by atoms with Crippen molar-refractivity contribution in [1.82, 2.24) is 4.98 Å². The van der Waals surface area contributed by atoms with E-state index in [9.17, 15) is 24.6 Å². The van der Waals surface area contributed by atoms with E-state index in [2.05, 4.69) is 4.98 Å². The molecule has 10 heteroatoms. The number of fused-ring (bicyclic) bond motifs is 1. The van der Waals surface area contributed by atoms with Gasteiger partial charge >= 0.3 is 11.9 Å². The molecular weight excluding hydrogens is 488 g/mol. The third kappa shape index (κ3) is 3.96. The third-order valence-corrected chi connectivity index (χ3v) is 7.47. The number of thiophene rings is 1. The lowest BCUT2D eigenvalue weighted by atomic mass is 10.00. The van der Waals surface area contributed by atoms with Gasteiger partial charge in [0.15, 0.2) is 5.13 Å². The summed E-state index contributed by atoms with van der Waals surface area (Å²) in [5, 5.41) is 22.5. The molecular formula is C25H18N2O6S2. The number of amides is 1. The number of hydrogen-bond donors (Lipinski definition) is 2. The molecule has 1 aliphatic heterocycles. The van der Waals surface area contributed by atoms with Crippen molar-refractivity contribution in [2.24, 2.45) is 0 Å². The molecule has 1 unspecified atom stereocenters. The molecule has 2 aromatic heterocycles. The Balaban J connectivity index is 1.64. The van der Waals surface area contributed by atoms with Crippen molar-refractivity contribution in [1.29, 1.82) is 0 Å². The minimum Gasteiger partial charge on any atom is -0.507 e. The summed E-state index contributed by atoms with van der Waals surface area (Å²) in [5.41, 5.74) is 0.948. The van der Waals surface area contributed by atoms with Gasteiger partial charge in [-0.3, -0.25) is 14.5 Å². The van der Waals surface area contributed by atoms with Crippen molar-refractivity contribution >= 4 is 61.4 Å². The number of rotatable bonds is 6. The number of carboxylic acid groups (broad SMARTS) is 1. The van der Waals surface area contributed by atoms with Gasteiger partial charge in [-0.2, -0.15) is 0 Å². The van der Waals surface area contributed by atoms with E-state index in [0.29, 0.717) is 33.0 Å². The van der Waals surface area contributed by atoms with Crippen molar-refractivity contribution in [3.8, 4) is 5.75 Å². The molecule has 1 amide bonds. The predicted molar refractivity (Wildman–Crippen MR) is 133 cm³/mol. The smallest absolute Gasteiger partial charge is 0.335 e. The summed E-state index contributed by atoms with van der Waals surface area (Å²) in [5.74, 6) is -2.37. The highest BCUT2D eigenvalue weighted by molar-refractivity contribution is 7.22. The fourth-order valence-electron chi connectivity index (χ4n) is 3.93. The maximum Gasteiger partial charge on any atom is 0.335 e. The van der Waals surface area contributed by atoms with E-state index >= 15 is 0 Å². The number of aromatic carboxylic acids is 1. The van der Waals surface area contributed by atoms with Gasteiger partial charge in [0.1, 0.15) is 17.6 Å². The number of carbonyl (C=O) groups is 3. The van der Waals surface area contributed by atoms with Gasteiger partial charge in [0.2, 0.25) is 0 Å². The lowest BCUT2D eigenvalue weighted by Crippen LogP contribution is -2.28. The molecule has 3 heterocycles. The number of anilines is 1. The topological polar surface area (TPSA) is 117 Å². The Labute approximate surface area is 207 Å². The molecule has 0 aliphatic carbocycles. The van der Waals surface area contributed by atoms with Crippen LogP contribution in [0, 0.1) is 0 Å². The molecule has 2 N–H and O–H groups in total. The maximum atomic E-state index is 13.2. The molecule has 1 atom stereocenters. The Bertz CT molecular complexity index is 1490. The molecule has 0 bridgehead atoms. The van der Waals surface area contributed by atoms with Crippen LogP contribution in [0.4, 0.5) is 5.13 Å². The predicted octanol–water partition coefficient (Wildman–Crippen LogP) is 5.08. The number of thiazole rings is 1. The number of Topliss-reactive ketones (excluding diaryl/α,β-unsaturated/α-hetero) is 1. The second-order valence-corrected chi connectivity index (χ2v) is 9.61. The number of ether oxygens (including phenoxy) is 1. The number of aliphatic hydroxyl groups excluding tert-OH is 1. The van der Waals surface area contributed by atoms with E-state index in [-0.39, 0.29) is 22.0 Å². The van der Waals surface area contributed by atoms with Crippen LogP contribution in [-0.2, 0) is 9.59 Å². The summed E-state index contributed by atoms with van der Waals surface area (Å²) in [7, 11) is 0. The normalized spacial score (nSPS) is 17.3. The highest BCUT2D eigenvalue weighted by Gasteiger charge is 2.48. The number of ketones is 1. The fraction of sp³-hybridized carbons (Fsp3) is 0.120. The van der Waals surface area contributed by atoms with Crippen LogP contribution in [0.25, 0.3) is 16.0 Å². The first-order valence-corrected chi connectivity index (χ1v) is 12.3. The lowest BCUT2D eigenvalue weighted by molar-refractivity contribution is -0.132. The van der Waals surface area contributed by atoms with Gasteiger partial charge in [-0.05, 0) is 60.8 Å². The molecule has 2 aromatic carbocycles. The van der Waals surface area contributed by atoms with E-state index in [1.54, 1.807) is 42.5 Å². The van der Waals surface area contributed by atoms with Crippen molar-refractivity contribution in [2.45, 2.75) is 13.0 Å². The summed E-state index contributed by atoms with van der Waals surface area (Å²) < 4.78 is 6.01. The number of carboxylic acids is 1. The zero-order chi connectivity index (χ0) is 24.7. The van der Waals surface area contributed by atoms with Gasteiger partial charge in [0.05, 0.1) is 28.0 Å². The first kappa shape index (κ1) is 22.8. The Morgan fingerprint density at radius 1 is 1.09 bits per heavy atom. The zero-order valence-electron chi connectivity index (χ0n) is 18.3. The highest BCUT2D eigenvalue weighted by atomic mass is 32.1. The van der Waals surface area contributed by atoms with Gasteiger partial charge < -0.3 is 14.9 Å². The van der Waals surface area contributed by atoms with Gasteiger partial charge in [0.25, 0.3) is 5.78 Å². The number of nitrogens with zero attached hydrogens (tertiary/aromatic N) is 2. The molecule has 8 nitrogen and oxygen atoms in total. The van der Waals surface area contributed by atoms with Crippen LogP contribution in [0.2, 0.25) is 0 Å². The van der Waals surface area contributed by atoms with Crippen molar-refractivity contribution in [2.75, 3.05) is 11.5 Å². The highest BCUT2D eigenvalue weighted by Crippen LogP contribution is 2.45. The summed E-state index contributed by atoms with van der Waals surface area (Å²) in [4.78, 5) is 44.3.